The van der Waals surface area contributed by atoms with Crippen LogP contribution in [0, 0.1) is 5.41 Å². The number of hydrogen-bond acceptors (Lipinski definition) is 2. The third kappa shape index (κ3) is 2.61. The van der Waals surface area contributed by atoms with E-state index in [0.717, 1.165) is 0 Å². The molecule has 0 heterocycles. The van der Waals surface area contributed by atoms with Crippen LogP contribution < -0.4 is 5.73 Å². The van der Waals surface area contributed by atoms with Gasteiger partial charge in [0.2, 0.25) is 0 Å². The molecule has 0 aliphatic heterocycles. The molecule has 2 heteroatoms. The first kappa shape index (κ1) is 8.63. The average Bonchev–Trinajstić information content (AvgIpc) is 1.62. The summed E-state index contributed by atoms with van der Waals surface area (Å²) in [5.41, 5.74) is 5.45. The Hall–Kier alpha value is -0.370. The maximum atomic E-state index is 10.7. The summed E-state index contributed by atoms with van der Waals surface area (Å²) in [6.45, 7) is 7.40. The van der Waals surface area contributed by atoms with E-state index in [9.17, 15) is 4.79 Å². The summed E-state index contributed by atoms with van der Waals surface area (Å²) in [6, 6.07) is -0.322. The third-order valence-corrected chi connectivity index (χ3v) is 1.37. The average molecular weight is 131 g/mol. The lowest BCUT2D eigenvalue weighted by Gasteiger charge is -2.23. The number of carbonyl (C=O) groups excluding carboxylic acids is 1. The van der Waals surface area contributed by atoms with Crippen molar-refractivity contribution >= 4 is 5.78 Å². The first-order chi connectivity index (χ1) is 3.85. The number of Topliss-reactive ketones (excluding diaryl/α,β-unsaturated/α-hetero) is 1. The van der Waals surface area contributed by atoms with Crippen molar-refractivity contribution < 1.29 is 6.22 Å². The largest absolute Gasteiger partial charge is 0.321 e. The molecule has 0 bridgehead atoms. The molecule has 0 unspecified atom stereocenters. The second-order valence-corrected chi connectivity index (χ2v) is 3.45. The molecule has 0 aromatic heterocycles. The molecule has 1 atom stereocenters. The predicted molar refractivity (Wildman–Crippen MR) is 40.2 cm³/mol. The molecule has 0 aromatic rings. The van der Waals surface area contributed by atoms with Crippen LogP contribution in [0.1, 0.15) is 29.1 Å². The monoisotopic (exact) mass is 131 g/mol. The number of ketones is 1. The van der Waals surface area contributed by atoms with Gasteiger partial charge in [-0.1, -0.05) is 20.8 Å². The van der Waals surface area contributed by atoms with Gasteiger partial charge < -0.3 is 5.73 Å². The lowest BCUT2D eigenvalue weighted by Crippen LogP contribution is -2.40. The molecule has 0 aliphatic rings. The summed E-state index contributed by atoms with van der Waals surface area (Å²) in [5.74, 6) is 0.0579. The van der Waals surface area contributed by atoms with Crippen molar-refractivity contribution in [1.29, 1.82) is 0 Å². The molecular formula is C7H17NO. The number of carbonyl (C=O) groups is 1. The van der Waals surface area contributed by atoms with Crippen LogP contribution in [0.4, 0.5) is 0 Å². The Balaban J connectivity index is 0. The molecule has 0 saturated carbocycles. The van der Waals surface area contributed by atoms with Crippen molar-refractivity contribution in [2.75, 3.05) is 0 Å². The number of nitrogens with two attached hydrogens (primary N) is 1. The van der Waals surface area contributed by atoms with E-state index in [2.05, 4.69) is 0 Å². The number of hydrogen-bond donors (Lipinski definition) is 1. The molecule has 56 valence electrons. The van der Waals surface area contributed by atoms with E-state index in [4.69, 9.17) is 5.73 Å². The maximum absolute atomic E-state index is 10.7. The van der Waals surface area contributed by atoms with E-state index in [1.165, 1.54) is 6.92 Å². The molecule has 0 radical (unpaired) electrons. The fourth-order valence-corrected chi connectivity index (χ4v) is 0.610. The van der Waals surface area contributed by atoms with E-state index >= 15 is 0 Å². The standard InChI is InChI=1S/C7H15NO.H2/c1-5(9)6(8)7(2,3)4;/h6H,8H2,1-4H3;1H/t6-;/m1./s1. The highest BCUT2D eigenvalue weighted by molar-refractivity contribution is 5.81. The third-order valence-electron chi connectivity index (χ3n) is 1.37. The van der Waals surface area contributed by atoms with Gasteiger partial charge in [0, 0.05) is 1.43 Å². The minimum absolute atomic E-state index is 0. The highest BCUT2D eigenvalue weighted by atomic mass is 16.1. The highest BCUT2D eigenvalue weighted by Gasteiger charge is 2.23. The van der Waals surface area contributed by atoms with Gasteiger partial charge in [-0.05, 0) is 12.3 Å². The summed E-state index contributed by atoms with van der Waals surface area (Å²) in [5, 5.41) is 0. The number of rotatable bonds is 1. The molecule has 0 rings (SSSR count). The van der Waals surface area contributed by atoms with Crippen LogP contribution in [-0.2, 0) is 4.79 Å². The van der Waals surface area contributed by atoms with Crippen molar-refractivity contribution in [2.24, 2.45) is 11.1 Å². The molecule has 0 spiro atoms. The molecule has 0 amide bonds. The zero-order valence-electron chi connectivity index (χ0n) is 6.56. The Morgan fingerprint density at radius 1 is 1.56 bits per heavy atom. The van der Waals surface area contributed by atoms with E-state index in [-0.39, 0.29) is 18.7 Å². The molecule has 9 heavy (non-hydrogen) atoms. The fraction of sp³-hybridized carbons (Fsp3) is 0.857. The molecule has 2 N–H and O–H groups in total. The van der Waals surface area contributed by atoms with Gasteiger partial charge >= 0.3 is 0 Å². The van der Waals surface area contributed by atoms with E-state index in [1.807, 2.05) is 20.8 Å². The topological polar surface area (TPSA) is 43.1 Å². The summed E-state index contributed by atoms with van der Waals surface area (Å²) in [7, 11) is 0. The Bertz CT molecular complexity index is 117. The van der Waals surface area contributed by atoms with Crippen molar-refractivity contribution in [3.63, 3.8) is 0 Å². The van der Waals surface area contributed by atoms with Gasteiger partial charge in [0.15, 0.2) is 0 Å². The van der Waals surface area contributed by atoms with Crippen molar-refractivity contribution in [2.45, 2.75) is 33.7 Å². The van der Waals surface area contributed by atoms with Gasteiger partial charge in [-0.2, -0.15) is 0 Å². The van der Waals surface area contributed by atoms with Gasteiger partial charge in [0.05, 0.1) is 6.04 Å². The lowest BCUT2D eigenvalue weighted by atomic mass is 9.85. The molecule has 0 saturated heterocycles. The SMILES string of the molecule is CC(=O)[C@@H](N)C(C)(C)C.[HH]. The summed E-state index contributed by atoms with van der Waals surface area (Å²) < 4.78 is 0. The van der Waals surface area contributed by atoms with Crippen molar-refractivity contribution in [3.8, 4) is 0 Å². The van der Waals surface area contributed by atoms with E-state index in [0.29, 0.717) is 0 Å². The zero-order chi connectivity index (χ0) is 7.65. The maximum Gasteiger partial charge on any atom is 0.146 e. The van der Waals surface area contributed by atoms with Crippen LogP contribution in [0.25, 0.3) is 0 Å². The molecular weight excluding hydrogens is 114 g/mol. The first-order valence-electron chi connectivity index (χ1n) is 3.11. The van der Waals surface area contributed by atoms with E-state index < -0.39 is 0 Å². The predicted octanol–water partition coefficient (Wildman–Crippen LogP) is 1.19. The molecule has 0 aromatic carbocycles. The van der Waals surface area contributed by atoms with Crippen LogP contribution >= 0.6 is 0 Å². The Kier molecular flexibility index (Phi) is 2.38. The zero-order valence-corrected chi connectivity index (χ0v) is 6.56. The Morgan fingerprint density at radius 3 is 1.89 bits per heavy atom. The van der Waals surface area contributed by atoms with Gasteiger partial charge in [-0.25, -0.2) is 0 Å². The van der Waals surface area contributed by atoms with E-state index in [1.54, 1.807) is 0 Å². The van der Waals surface area contributed by atoms with Gasteiger partial charge in [-0.3, -0.25) is 4.79 Å². The van der Waals surface area contributed by atoms with Gasteiger partial charge in [-0.15, -0.1) is 0 Å². The quantitative estimate of drug-likeness (QED) is 0.581. The Labute approximate surface area is 57.9 Å². The fourth-order valence-electron chi connectivity index (χ4n) is 0.610. The molecule has 0 aliphatic carbocycles. The Morgan fingerprint density at radius 2 is 1.89 bits per heavy atom. The second kappa shape index (κ2) is 2.48. The lowest BCUT2D eigenvalue weighted by molar-refractivity contribution is -0.120. The minimum Gasteiger partial charge on any atom is -0.321 e. The minimum atomic E-state index is -0.322. The normalized spacial score (nSPS) is 15.2. The van der Waals surface area contributed by atoms with Crippen molar-refractivity contribution in [1.82, 2.24) is 0 Å². The van der Waals surface area contributed by atoms with Crippen LogP contribution in [-0.4, -0.2) is 11.8 Å². The van der Waals surface area contributed by atoms with Gasteiger partial charge in [0.1, 0.15) is 5.78 Å². The summed E-state index contributed by atoms with van der Waals surface area (Å²) in [4.78, 5) is 10.7. The summed E-state index contributed by atoms with van der Waals surface area (Å²) in [6.07, 6.45) is 0. The molecule has 0 fully saturated rings. The van der Waals surface area contributed by atoms with Crippen LogP contribution in [0.2, 0.25) is 0 Å². The van der Waals surface area contributed by atoms with Crippen LogP contribution in [0.3, 0.4) is 0 Å². The highest BCUT2D eigenvalue weighted by Crippen LogP contribution is 2.17. The van der Waals surface area contributed by atoms with Gasteiger partial charge in [0.25, 0.3) is 0 Å². The second-order valence-electron chi connectivity index (χ2n) is 3.45. The van der Waals surface area contributed by atoms with Crippen molar-refractivity contribution in [3.05, 3.63) is 0 Å². The van der Waals surface area contributed by atoms with Crippen LogP contribution in [0.5, 0.6) is 0 Å². The molecule has 2 nitrogen and oxygen atoms in total. The smallest absolute Gasteiger partial charge is 0.146 e. The van der Waals surface area contributed by atoms with Crippen LogP contribution in [0.15, 0.2) is 0 Å². The summed E-state index contributed by atoms with van der Waals surface area (Å²) >= 11 is 0. The first-order valence-corrected chi connectivity index (χ1v) is 3.11.